The molecule has 0 bridgehead atoms. The summed E-state index contributed by atoms with van der Waals surface area (Å²) in [6.45, 7) is 2.45. The van der Waals surface area contributed by atoms with Gasteiger partial charge in [-0.1, -0.05) is 6.92 Å². The van der Waals surface area contributed by atoms with Gasteiger partial charge < -0.3 is 19.5 Å². The molecule has 2 aliphatic rings. The first-order valence-electron chi connectivity index (χ1n) is 8.70. The number of amides is 1. The van der Waals surface area contributed by atoms with Crippen molar-refractivity contribution in [3.8, 4) is 11.5 Å². The van der Waals surface area contributed by atoms with Crippen molar-refractivity contribution in [2.75, 3.05) is 13.3 Å². The molecule has 1 saturated heterocycles. The molecule has 0 saturated carbocycles. The lowest BCUT2D eigenvalue weighted by atomic mass is 9.96. The lowest BCUT2D eigenvalue weighted by molar-refractivity contribution is -0.139. The van der Waals surface area contributed by atoms with Crippen molar-refractivity contribution < 1.29 is 24.2 Å². The molecule has 2 aliphatic heterocycles. The van der Waals surface area contributed by atoms with Crippen LogP contribution in [0.4, 0.5) is 0 Å². The number of rotatable bonds is 4. The summed E-state index contributed by atoms with van der Waals surface area (Å²) < 4.78 is 10.6. The molecule has 1 N–H and O–H groups in total. The third-order valence-corrected chi connectivity index (χ3v) is 4.67. The second-order valence-electron chi connectivity index (χ2n) is 6.34. The van der Waals surface area contributed by atoms with E-state index in [1.165, 1.54) is 4.90 Å². The smallest absolute Gasteiger partial charge is 0.295 e. The molecule has 27 heavy (non-hydrogen) atoms. The van der Waals surface area contributed by atoms with Crippen LogP contribution in [-0.2, 0) is 9.59 Å². The molecule has 1 atom stereocenters. The Hall–Kier alpha value is -3.35. The van der Waals surface area contributed by atoms with Gasteiger partial charge in [-0.15, -0.1) is 0 Å². The van der Waals surface area contributed by atoms with E-state index in [4.69, 9.17) is 9.47 Å². The fraction of sp³-hybridized carbons (Fsp3) is 0.250. The van der Waals surface area contributed by atoms with Gasteiger partial charge in [0.15, 0.2) is 11.5 Å². The van der Waals surface area contributed by atoms with Crippen molar-refractivity contribution in [1.29, 1.82) is 0 Å². The summed E-state index contributed by atoms with van der Waals surface area (Å²) in [7, 11) is 0. The van der Waals surface area contributed by atoms with Gasteiger partial charge in [0.1, 0.15) is 5.76 Å². The number of ketones is 1. The highest BCUT2D eigenvalue weighted by atomic mass is 16.7. The molecule has 138 valence electrons. The van der Waals surface area contributed by atoms with E-state index >= 15 is 0 Å². The van der Waals surface area contributed by atoms with Gasteiger partial charge in [0.2, 0.25) is 6.79 Å². The van der Waals surface area contributed by atoms with Crippen molar-refractivity contribution >= 4 is 17.4 Å². The first kappa shape index (κ1) is 17.1. The van der Waals surface area contributed by atoms with Gasteiger partial charge in [-0.25, -0.2) is 0 Å². The fourth-order valence-corrected chi connectivity index (χ4v) is 3.44. The zero-order valence-corrected chi connectivity index (χ0v) is 14.7. The molecule has 0 radical (unpaired) electrons. The van der Waals surface area contributed by atoms with E-state index in [1.807, 2.05) is 6.92 Å². The molecule has 7 nitrogen and oxygen atoms in total. The Morgan fingerprint density at radius 1 is 1.19 bits per heavy atom. The lowest BCUT2D eigenvalue weighted by Gasteiger charge is -2.24. The summed E-state index contributed by atoms with van der Waals surface area (Å²) in [5, 5.41) is 10.9. The topological polar surface area (TPSA) is 89.0 Å². The Kier molecular flexibility index (Phi) is 4.27. The predicted octanol–water partition coefficient (Wildman–Crippen LogP) is 2.64. The van der Waals surface area contributed by atoms with Crippen LogP contribution >= 0.6 is 0 Å². The lowest BCUT2D eigenvalue weighted by Crippen LogP contribution is -2.30. The maximum absolute atomic E-state index is 12.7. The second kappa shape index (κ2) is 6.75. The number of Topliss-reactive ketones (excluding diaryl/α,β-unsaturated/α-hetero) is 1. The first-order chi connectivity index (χ1) is 13.1. The molecule has 0 aliphatic carbocycles. The Balaban J connectivity index is 1.86. The Morgan fingerprint density at radius 2 is 1.93 bits per heavy atom. The molecule has 1 amide bonds. The normalized spacial score (nSPS) is 20.3. The van der Waals surface area contributed by atoms with Gasteiger partial charge in [-0.05, 0) is 42.3 Å². The number of aromatic nitrogens is 1. The van der Waals surface area contributed by atoms with Gasteiger partial charge in [0.25, 0.3) is 11.7 Å². The molecular weight excluding hydrogens is 348 g/mol. The van der Waals surface area contributed by atoms with Gasteiger partial charge in [-0.3, -0.25) is 14.6 Å². The standard InChI is InChI=1S/C20H18N2O5/c1-2-9-22-17(12-5-7-21-8-6-12)16(19(24)20(22)25)18(23)13-3-4-14-15(10-13)27-11-26-14/h3-8,10,17,23H,2,9,11H2,1H3/b18-16-. The van der Waals surface area contributed by atoms with Crippen LogP contribution < -0.4 is 9.47 Å². The number of carbonyl (C=O) groups is 2. The van der Waals surface area contributed by atoms with E-state index in [1.54, 1.807) is 42.7 Å². The van der Waals surface area contributed by atoms with Crippen molar-refractivity contribution in [3.63, 3.8) is 0 Å². The maximum atomic E-state index is 12.7. The number of aliphatic hydroxyl groups excluding tert-OH is 1. The predicted molar refractivity (Wildman–Crippen MR) is 96.1 cm³/mol. The third kappa shape index (κ3) is 2.81. The number of aliphatic hydroxyl groups is 1. The zero-order chi connectivity index (χ0) is 19.0. The van der Waals surface area contributed by atoms with Crippen LogP contribution in [0.25, 0.3) is 5.76 Å². The zero-order valence-electron chi connectivity index (χ0n) is 14.7. The summed E-state index contributed by atoms with van der Waals surface area (Å²) in [4.78, 5) is 30.8. The van der Waals surface area contributed by atoms with Crippen LogP contribution in [0.15, 0.2) is 48.3 Å². The van der Waals surface area contributed by atoms with E-state index in [0.29, 0.717) is 30.0 Å². The molecular formula is C20H18N2O5. The highest BCUT2D eigenvalue weighted by molar-refractivity contribution is 6.46. The van der Waals surface area contributed by atoms with Crippen LogP contribution in [0.5, 0.6) is 11.5 Å². The highest BCUT2D eigenvalue weighted by Gasteiger charge is 2.45. The summed E-state index contributed by atoms with van der Waals surface area (Å²) in [5.74, 6) is -0.473. The summed E-state index contributed by atoms with van der Waals surface area (Å²) in [6.07, 6.45) is 3.89. The minimum Gasteiger partial charge on any atom is -0.507 e. The van der Waals surface area contributed by atoms with Crippen molar-refractivity contribution in [2.24, 2.45) is 0 Å². The van der Waals surface area contributed by atoms with Gasteiger partial charge in [0, 0.05) is 24.5 Å². The highest BCUT2D eigenvalue weighted by Crippen LogP contribution is 2.41. The maximum Gasteiger partial charge on any atom is 0.295 e. The van der Waals surface area contributed by atoms with E-state index in [0.717, 1.165) is 5.56 Å². The van der Waals surface area contributed by atoms with Crippen molar-refractivity contribution in [3.05, 3.63) is 59.4 Å². The quantitative estimate of drug-likeness (QED) is 0.508. The van der Waals surface area contributed by atoms with E-state index in [9.17, 15) is 14.7 Å². The van der Waals surface area contributed by atoms with Crippen LogP contribution in [0.2, 0.25) is 0 Å². The van der Waals surface area contributed by atoms with Crippen molar-refractivity contribution in [1.82, 2.24) is 9.88 Å². The summed E-state index contributed by atoms with van der Waals surface area (Å²) in [6, 6.07) is 7.74. The number of carbonyl (C=O) groups excluding carboxylic acids is 2. The molecule has 1 fully saturated rings. The third-order valence-electron chi connectivity index (χ3n) is 4.67. The van der Waals surface area contributed by atoms with E-state index in [-0.39, 0.29) is 18.1 Å². The minimum absolute atomic E-state index is 0.0681. The number of hydrogen-bond donors (Lipinski definition) is 1. The van der Waals surface area contributed by atoms with Crippen LogP contribution in [0.3, 0.4) is 0 Å². The SMILES string of the molecule is CCCN1C(=O)C(=O)/C(=C(\O)c2ccc3c(c2)OCO3)C1c1ccncc1. The largest absolute Gasteiger partial charge is 0.507 e. The number of likely N-dealkylation sites (tertiary alicyclic amines) is 1. The Labute approximate surface area is 155 Å². The monoisotopic (exact) mass is 366 g/mol. The van der Waals surface area contributed by atoms with E-state index < -0.39 is 17.7 Å². The van der Waals surface area contributed by atoms with Crippen LogP contribution in [0, 0.1) is 0 Å². The fourth-order valence-electron chi connectivity index (χ4n) is 3.44. The van der Waals surface area contributed by atoms with Gasteiger partial charge in [-0.2, -0.15) is 0 Å². The Bertz CT molecular complexity index is 939. The van der Waals surface area contributed by atoms with Crippen LogP contribution in [-0.4, -0.2) is 40.0 Å². The molecule has 2 aromatic rings. The number of pyridine rings is 1. The average Bonchev–Trinajstić information content (AvgIpc) is 3.26. The Morgan fingerprint density at radius 3 is 2.67 bits per heavy atom. The van der Waals surface area contributed by atoms with Gasteiger partial charge >= 0.3 is 0 Å². The molecule has 0 spiro atoms. The van der Waals surface area contributed by atoms with E-state index in [2.05, 4.69) is 4.98 Å². The molecule has 1 aromatic carbocycles. The van der Waals surface area contributed by atoms with Crippen LogP contribution in [0.1, 0.15) is 30.5 Å². The number of ether oxygens (including phenoxy) is 2. The minimum atomic E-state index is -0.694. The average molecular weight is 366 g/mol. The second-order valence-corrected chi connectivity index (χ2v) is 6.34. The summed E-state index contributed by atoms with van der Waals surface area (Å²) >= 11 is 0. The number of nitrogens with zero attached hydrogens (tertiary/aromatic N) is 2. The number of benzene rings is 1. The molecule has 3 heterocycles. The molecule has 7 heteroatoms. The summed E-state index contributed by atoms with van der Waals surface area (Å²) in [5.41, 5.74) is 1.19. The van der Waals surface area contributed by atoms with Crippen molar-refractivity contribution in [2.45, 2.75) is 19.4 Å². The number of hydrogen-bond acceptors (Lipinski definition) is 6. The molecule has 1 unspecified atom stereocenters. The van der Waals surface area contributed by atoms with Gasteiger partial charge in [0.05, 0.1) is 11.6 Å². The molecule has 1 aromatic heterocycles. The number of fused-ring (bicyclic) bond motifs is 1. The molecule has 4 rings (SSSR count). The first-order valence-corrected chi connectivity index (χ1v) is 8.70.